The molecule has 7 heteroatoms. The molecule has 0 heterocycles. The molecule has 0 radical (unpaired) electrons. The van der Waals surface area contributed by atoms with E-state index in [1.807, 2.05) is 0 Å². The van der Waals surface area contributed by atoms with Crippen LogP contribution in [0.4, 0.5) is 15.8 Å². The van der Waals surface area contributed by atoms with Gasteiger partial charge in [0.25, 0.3) is 5.69 Å². The number of benzene rings is 1. The average molecular weight is 244 g/mol. The summed E-state index contributed by atoms with van der Waals surface area (Å²) in [4.78, 5) is 10.0. The van der Waals surface area contributed by atoms with Crippen molar-refractivity contribution in [3.8, 4) is 0 Å². The Labute approximate surface area is 96.8 Å². The van der Waals surface area contributed by atoms with Gasteiger partial charge >= 0.3 is 0 Å². The highest BCUT2D eigenvalue weighted by molar-refractivity contribution is 5.61. The molecule has 17 heavy (non-hydrogen) atoms. The molecule has 0 aromatic heterocycles. The monoisotopic (exact) mass is 244 g/mol. The summed E-state index contributed by atoms with van der Waals surface area (Å²) in [6, 6.07) is 2.98. The van der Waals surface area contributed by atoms with Gasteiger partial charge < -0.3 is 15.5 Å². The van der Waals surface area contributed by atoms with Crippen molar-refractivity contribution in [2.45, 2.75) is 12.5 Å². The molecule has 94 valence electrons. The van der Waals surface area contributed by atoms with Gasteiger partial charge in [-0.25, -0.2) is 4.39 Å². The minimum atomic E-state index is -1.43. The summed E-state index contributed by atoms with van der Waals surface area (Å²) in [5.74, 6) is -0.623. The van der Waals surface area contributed by atoms with Crippen LogP contribution in [0.1, 0.15) is 6.92 Å². The Balaban J connectivity index is 2.89. The van der Waals surface area contributed by atoms with Crippen molar-refractivity contribution in [2.24, 2.45) is 0 Å². The summed E-state index contributed by atoms with van der Waals surface area (Å²) in [6.07, 6.45) is 0. The third kappa shape index (κ3) is 3.65. The number of nitrogens with zero attached hydrogens (tertiary/aromatic N) is 1. The summed E-state index contributed by atoms with van der Waals surface area (Å²) in [5.41, 5.74) is -1.76. The van der Waals surface area contributed by atoms with Crippen LogP contribution < -0.4 is 5.32 Å². The molecule has 0 unspecified atom stereocenters. The van der Waals surface area contributed by atoms with Gasteiger partial charge in [-0.05, 0) is 13.0 Å². The van der Waals surface area contributed by atoms with Gasteiger partial charge in [0.15, 0.2) is 0 Å². The van der Waals surface area contributed by atoms with E-state index in [2.05, 4.69) is 5.32 Å². The Morgan fingerprint density at radius 1 is 1.59 bits per heavy atom. The Morgan fingerprint density at radius 3 is 2.76 bits per heavy atom. The molecule has 0 saturated carbocycles. The minimum Gasteiger partial charge on any atom is -0.393 e. The molecule has 0 amide bonds. The van der Waals surface area contributed by atoms with Crippen molar-refractivity contribution >= 4 is 11.4 Å². The summed E-state index contributed by atoms with van der Waals surface area (Å²) in [7, 11) is 0. The second-order valence-corrected chi connectivity index (χ2v) is 3.93. The maximum atomic E-state index is 12.9. The molecular formula is C10H13FN2O4. The largest absolute Gasteiger partial charge is 0.393 e. The van der Waals surface area contributed by atoms with Gasteiger partial charge in [-0.1, -0.05) is 0 Å². The Kier molecular flexibility index (Phi) is 3.97. The fraction of sp³-hybridized carbons (Fsp3) is 0.400. The highest BCUT2D eigenvalue weighted by Crippen LogP contribution is 2.25. The molecule has 6 nitrogen and oxygen atoms in total. The molecule has 0 bridgehead atoms. The van der Waals surface area contributed by atoms with Crippen molar-refractivity contribution in [1.82, 2.24) is 0 Å². The highest BCUT2D eigenvalue weighted by Gasteiger charge is 2.21. The maximum Gasteiger partial charge on any atom is 0.292 e. The van der Waals surface area contributed by atoms with Crippen molar-refractivity contribution in [1.29, 1.82) is 0 Å². The first-order valence-corrected chi connectivity index (χ1v) is 4.87. The van der Waals surface area contributed by atoms with Gasteiger partial charge in [0.2, 0.25) is 0 Å². The topological polar surface area (TPSA) is 95.6 Å². The number of hydrogen-bond acceptors (Lipinski definition) is 5. The van der Waals surface area contributed by atoms with E-state index >= 15 is 0 Å². The lowest BCUT2D eigenvalue weighted by Crippen LogP contribution is -2.37. The SMILES string of the molecule is C[C@@](O)(CO)CNc1cc(F)ccc1[N+](=O)[O-]. The van der Waals surface area contributed by atoms with E-state index in [-0.39, 0.29) is 17.9 Å². The molecule has 1 aromatic rings. The zero-order chi connectivity index (χ0) is 13.1. The standard InChI is InChI=1S/C10H13FN2O4/c1-10(15,6-14)5-12-8-4-7(11)2-3-9(8)13(16)17/h2-4,12,14-15H,5-6H2,1H3/t10-/m0/s1. The van der Waals surface area contributed by atoms with E-state index in [9.17, 15) is 19.6 Å². The zero-order valence-electron chi connectivity index (χ0n) is 9.18. The number of nitro groups is 1. The van der Waals surface area contributed by atoms with E-state index in [1.165, 1.54) is 6.92 Å². The lowest BCUT2D eigenvalue weighted by molar-refractivity contribution is -0.384. The molecule has 0 saturated heterocycles. The number of halogens is 1. The second kappa shape index (κ2) is 5.07. The first-order valence-electron chi connectivity index (χ1n) is 4.87. The summed E-state index contributed by atoms with van der Waals surface area (Å²) >= 11 is 0. The van der Waals surface area contributed by atoms with Crippen LogP contribution in [0.15, 0.2) is 18.2 Å². The van der Waals surface area contributed by atoms with Gasteiger partial charge in [-0.3, -0.25) is 10.1 Å². The molecule has 0 fully saturated rings. The van der Waals surface area contributed by atoms with E-state index < -0.39 is 22.9 Å². The van der Waals surface area contributed by atoms with E-state index in [0.29, 0.717) is 0 Å². The number of hydrogen-bond donors (Lipinski definition) is 3. The van der Waals surface area contributed by atoms with Crippen LogP contribution in [-0.2, 0) is 0 Å². The van der Waals surface area contributed by atoms with Crippen LogP contribution in [-0.4, -0.2) is 33.9 Å². The Hall–Kier alpha value is -1.73. The lowest BCUT2D eigenvalue weighted by Gasteiger charge is -2.21. The predicted octanol–water partition coefficient (Wildman–Crippen LogP) is 0.889. The van der Waals surface area contributed by atoms with Gasteiger partial charge in [0.05, 0.1) is 11.5 Å². The molecule has 0 aliphatic carbocycles. The fourth-order valence-electron chi connectivity index (χ4n) is 1.15. The fourth-order valence-corrected chi connectivity index (χ4v) is 1.15. The third-order valence-electron chi connectivity index (χ3n) is 2.16. The van der Waals surface area contributed by atoms with E-state index in [1.54, 1.807) is 0 Å². The molecule has 1 atom stereocenters. The van der Waals surface area contributed by atoms with E-state index in [0.717, 1.165) is 18.2 Å². The normalized spacial score (nSPS) is 14.1. The van der Waals surface area contributed by atoms with Crippen LogP contribution in [0.2, 0.25) is 0 Å². The number of rotatable bonds is 5. The van der Waals surface area contributed by atoms with Gasteiger partial charge in [0.1, 0.15) is 17.1 Å². The molecule has 0 aliphatic rings. The molecule has 0 aliphatic heterocycles. The Morgan fingerprint density at radius 2 is 2.24 bits per heavy atom. The van der Waals surface area contributed by atoms with E-state index in [4.69, 9.17) is 5.11 Å². The average Bonchev–Trinajstić information content (AvgIpc) is 2.26. The van der Waals surface area contributed by atoms with Gasteiger partial charge in [-0.15, -0.1) is 0 Å². The molecule has 1 aromatic carbocycles. The number of aliphatic hydroxyl groups excluding tert-OH is 1. The minimum absolute atomic E-state index is 0.0382. The number of aliphatic hydroxyl groups is 2. The summed E-state index contributed by atoms with van der Waals surface area (Å²) < 4.78 is 12.9. The smallest absolute Gasteiger partial charge is 0.292 e. The van der Waals surface area contributed by atoms with Gasteiger partial charge in [-0.2, -0.15) is 0 Å². The molecular weight excluding hydrogens is 231 g/mol. The van der Waals surface area contributed by atoms with Crippen LogP contribution >= 0.6 is 0 Å². The van der Waals surface area contributed by atoms with Crippen LogP contribution in [0.25, 0.3) is 0 Å². The van der Waals surface area contributed by atoms with Crippen molar-refractivity contribution in [2.75, 3.05) is 18.5 Å². The van der Waals surface area contributed by atoms with Crippen molar-refractivity contribution in [3.05, 3.63) is 34.1 Å². The molecule has 1 rings (SSSR count). The second-order valence-electron chi connectivity index (χ2n) is 3.93. The third-order valence-corrected chi connectivity index (χ3v) is 2.16. The van der Waals surface area contributed by atoms with Crippen LogP contribution in [0, 0.1) is 15.9 Å². The lowest BCUT2D eigenvalue weighted by atomic mass is 10.1. The van der Waals surface area contributed by atoms with Gasteiger partial charge in [0, 0.05) is 18.7 Å². The number of anilines is 1. The van der Waals surface area contributed by atoms with Crippen LogP contribution in [0.5, 0.6) is 0 Å². The predicted molar refractivity (Wildman–Crippen MR) is 59.3 cm³/mol. The highest BCUT2D eigenvalue weighted by atomic mass is 19.1. The number of nitrogens with one attached hydrogen (secondary N) is 1. The number of nitro benzene ring substituents is 1. The zero-order valence-corrected chi connectivity index (χ0v) is 9.18. The molecule has 0 spiro atoms. The first-order chi connectivity index (χ1) is 7.85. The summed E-state index contributed by atoms with van der Waals surface area (Å²) in [5, 5.41) is 31.5. The molecule has 3 N–H and O–H groups in total. The first kappa shape index (κ1) is 13.3. The van der Waals surface area contributed by atoms with Crippen molar-refractivity contribution < 1.29 is 19.5 Å². The Bertz CT molecular complexity index is 423. The van der Waals surface area contributed by atoms with Crippen molar-refractivity contribution in [3.63, 3.8) is 0 Å². The maximum absolute atomic E-state index is 12.9. The van der Waals surface area contributed by atoms with Crippen LogP contribution in [0.3, 0.4) is 0 Å². The quantitative estimate of drug-likeness (QED) is 0.528. The summed E-state index contributed by atoms with van der Waals surface area (Å²) in [6.45, 7) is 0.710.